The van der Waals surface area contributed by atoms with Gasteiger partial charge in [0.2, 0.25) is 0 Å². The first kappa shape index (κ1) is 35.8. The maximum atomic E-state index is 13.6. The highest BCUT2D eigenvalue weighted by molar-refractivity contribution is 5.22. The van der Waals surface area contributed by atoms with E-state index in [-0.39, 0.29) is 5.57 Å². The molecule has 0 radical (unpaired) electrons. The zero-order valence-corrected chi connectivity index (χ0v) is 24.0. The maximum Gasteiger partial charge on any atom is 0.187 e. The molecular formula is C26H44FNO16. The molecule has 256 valence electrons. The molecule has 0 bridgehead atoms. The molecule has 1 aliphatic carbocycles. The molecule has 4 rings (SSSR count). The van der Waals surface area contributed by atoms with Gasteiger partial charge in [-0.2, -0.15) is 0 Å². The van der Waals surface area contributed by atoms with E-state index in [1.807, 2.05) is 0 Å². The van der Waals surface area contributed by atoms with Gasteiger partial charge in [-0.05, 0) is 19.4 Å². The summed E-state index contributed by atoms with van der Waals surface area (Å²) >= 11 is 0. The predicted molar refractivity (Wildman–Crippen MR) is 140 cm³/mol. The SMILES string of the molecule is CC1OC(C[18F])C(OC2OC(CO)C(OC3OC(C)C(NC4C=C(CO)C(O)C(O)C4O)C(O)C3O)C(O)C2O)C(O)C1O. The standard InChI is InChI=1S/C26H44FNO16/c1-7-13(28-10-3-9(5-29)15(32)18(35)16(10)33)17(34)21(38)25(41-7)44-24-12(6-30)42-26(22(39)20(24)37)43-23-11(4-27)40-8(2)14(31)19(23)36/h3,7-8,10-26,28-39H,4-6H2,1-2H3/i27-1. The van der Waals surface area contributed by atoms with Crippen LogP contribution in [0.4, 0.5) is 4.39 Å². The van der Waals surface area contributed by atoms with Crippen LogP contribution < -0.4 is 5.32 Å². The fourth-order valence-electron chi connectivity index (χ4n) is 6.00. The van der Waals surface area contributed by atoms with Gasteiger partial charge in [-0.15, -0.1) is 0 Å². The number of aliphatic hydroxyl groups excluding tert-OH is 11. The summed E-state index contributed by atoms with van der Waals surface area (Å²) in [6, 6.07) is -2.15. The third kappa shape index (κ3) is 6.97. The van der Waals surface area contributed by atoms with Crippen LogP contribution in [0.3, 0.4) is 0 Å². The van der Waals surface area contributed by atoms with Crippen LogP contribution in [0.2, 0.25) is 0 Å². The van der Waals surface area contributed by atoms with Gasteiger partial charge in [-0.3, -0.25) is 0 Å². The Morgan fingerprint density at radius 2 is 1.25 bits per heavy atom. The van der Waals surface area contributed by atoms with Crippen molar-refractivity contribution in [3.05, 3.63) is 11.6 Å². The van der Waals surface area contributed by atoms with Crippen LogP contribution in [-0.2, 0) is 23.7 Å². The molecule has 3 fully saturated rings. The normalized spacial score (nSPS) is 52.0. The van der Waals surface area contributed by atoms with Gasteiger partial charge in [0, 0.05) is 0 Å². The Labute approximate surface area is 251 Å². The Balaban J connectivity index is 1.42. The highest BCUT2D eigenvalue weighted by Gasteiger charge is 2.53. The molecule has 0 aromatic rings. The molecule has 44 heavy (non-hydrogen) atoms. The fourth-order valence-corrected chi connectivity index (χ4v) is 6.00. The summed E-state index contributed by atoms with van der Waals surface area (Å²) in [5, 5.41) is 117. The predicted octanol–water partition coefficient (Wildman–Crippen LogP) is -6.52. The van der Waals surface area contributed by atoms with Crippen molar-refractivity contribution in [2.75, 3.05) is 19.9 Å². The van der Waals surface area contributed by atoms with E-state index in [0.29, 0.717) is 0 Å². The topological polar surface area (TPSA) is 281 Å². The Hall–Kier alpha value is -1.01. The van der Waals surface area contributed by atoms with Crippen LogP contribution in [0.5, 0.6) is 0 Å². The molecule has 0 saturated carbocycles. The van der Waals surface area contributed by atoms with E-state index in [1.165, 1.54) is 19.9 Å². The Morgan fingerprint density at radius 3 is 1.84 bits per heavy atom. The lowest BCUT2D eigenvalue weighted by molar-refractivity contribution is -0.367. The smallest absolute Gasteiger partial charge is 0.187 e. The van der Waals surface area contributed by atoms with Gasteiger partial charge in [0.1, 0.15) is 86.0 Å². The summed E-state index contributed by atoms with van der Waals surface area (Å²) in [5.41, 5.74) is 0.0274. The lowest BCUT2D eigenvalue weighted by atomic mass is 9.86. The number of halogens is 1. The van der Waals surface area contributed by atoms with Crippen LogP contribution in [0.1, 0.15) is 13.8 Å². The van der Waals surface area contributed by atoms with Crippen molar-refractivity contribution in [2.45, 2.75) is 130 Å². The lowest BCUT2D eigenvalue weighted by Crippen LogP contribution is -2.68. The Bertz CT molecular complexity index is 963. The number of rotatable bonds is 9. The summed E-state index contributed by atoms with van der Waals surface area (Å²) in [7, 11) is 0. The van der Waals surface area contributed by atoms with E-state index < -0.39 is 136 Å². The largest absolute Gasteiger partial charge is 0.394 e. The average Bonchev–Trinajstić information content (AvgIpc) is 3.00. The number of alkyl halides is 1. The van der Waals surface area contributed by atoms with Crippen molar-refractivity contribution >= 4 is 0 Å². The molecule has 19 unspecified atom stereocenters. The van der Waals surface area contributed by atoms with Gasteiger partial charge < -0.3 is 85.2 Å². The molecule has 3 saturated heterocycles. The second kappa shape index (κ2) is 14.8. The van der Waals surface area contributed by atoms with E-state index in [4.69, 9.17) is 23.7 Å². The molecule has 3 aliphatic heterocycles. The number of hydrogen-bond donors (Lipinski definition) is 12. The summed E-state index contributed by atoms with van der Waals surface area (Å²) < 4.78 is 41.4. The van der Waals surface area contributed by atoms with Gasteiger partial charge in [0.05, 0.1) is 37.5 Å². The minimum absolute atomic E-state index is 0.0274. The highest BCUT2D eigenvalue weighted by Crippen LogP contribution is 2.33. The van der Waals surface area contributed by atoms with Crippen molar-refractivity contribution in [1.82, 2.24) is 5.32 Å². The monoisotopic (exact) mass is 644 g/mol. The molecule has 19 atom stereocenters. The van der Waals surface area contributed by atoms with Crippen LogP contribution in [0, 0.1) is 0 Å². The molecule has 0 aromatic carbocycles. The van der Waals surface area contributed by atoms with E-state index in [0.717, 1.165) is 0 Å². The first-order chi connectivity index (χ1) is 20.7. The quantitative estimate of drug-likeness (QED) is 0.104. The molecule has 3 heterocycles. The number of hydrogen-bond acceptors (Lipinski definition) is 17. The maximum absolute atomic E-state index is 13.6. The average molecular weight is 645 g/mol. The van der Waals surface area contributed by atoms with Gasteiger partial charge in [0.25, 0.3) is 0 Å². The minimum Gasteiger partial charge on any atom is -0.394 e. The van der Waals surface area contributed by atoms with Gasteiger partial charge in [-0.1, -0.05) is 6.08 Å². The zero-order chi connectivity index (χ0) is 32.6. The Kier molecular flexibility index (Phi) is 12.1. The lowest BCUT2D eigenvalue weighted by Gasteiger charge is -2.48. The Morgan fingerprint density at radius 1 is 0.682 bits per heavy atom. The van der Waals surface area contributed by atoms with E-state index in [9.17, 15) is 60.6 Å². The van der Waals surface area contributed by atoms with Crippen LogP contribution in [-0.4, -0.2) is 192 Å². The van der Waals surface area contributed by atoms with Crippen molar-refractivity contribution in [3.8, 4) is 0 Å². The van der Waals surface area contributed by atoms with Crippen LogP contribution in [0.25, 0.3) is 0 Å². The molecule has 0 amide bonds. The van der Waals surface area contributed by atoms with E-state index in [2.05, 4.69) is 5.32 Å². The third-order valence-electron chi connectivity index (χ3n) is 8.71. The molecule has 17 nitrogen and oxygen atoms in total. The van der Waals surface area contributed by atoms with Gasteiger partial charge in [0.15, 0.2) is 12.6 Å². The van der Waals surface area contributed by atoms with E-state index >= 15 is 0 Å². The van der Waals surface area contributed by atoms with Crippen LogP contribution >= 0.6 is 0 Å². The fraction of sp³-hybridized carbons (Fsp3) is 0.923. The summed E-state index contributed by atoms with van der Waals surface area (Å²) in [5.74, 6) is 0. The van der Waals surface area contributed by atoms with Gasteiger partial charge >= 0.3 is 0 Å². The second-order valence-corrected chi connectivity index (χ2v) is 11.7. The number of aliphatic hydroxyl groups is 11. The molecule has 18 heteroatoms. The van der Waals surface area contributed by atoms with Crippen LogP contribution in [0.15, 0.2) is 11.6 Å². The summed E-state index contributed by atoms with van der Waals surface area (Å²) in [6.07, 6.45) is -24.9. The molecule has 12 N–H and O–H groups in total. The molecule has 0 spiro atoms. The third-order valence-corrected chi connectivity index (χ3v) is 8.71. The summed E-state index contributed by atoms with van der Waals surface area (Å²) in [6.45, 7) is 0.354. The van der Waals surface area contributed by atoms with Crippen molar-refractivity contribution in [1.29, 1.82) is 0 Å². The summed E-state index contributed by atoms with van der Waals surface area (Å²) in [4.78, 5) is 0. The highest BCUT2D eigenvalue weighted by atomic mass is 18.2. The number of ether oxygens (including phenoxy) is 5. The minimum atomic E-state index is -1.91. The van der Waals surface area contributed by atoms with Crippen molar-refractivity contribution in [2.24, 2.45) is 0 Å². The molecular weight excluding hydrogens is 600 g/mol. The van der Waals surface area contributed by atoms with Crippen molar-refractivity contribution < 1.29 is 84.2 Å². The first-order valence-electron chi connectivity index (χ1n) is 14.4. The van der Waals surface area contributed by atoms with E-state index in [1.54, 1.807) is 0 Å². The first-order valence-corrected chi connectivity index (χ1v) is 14.4. The van der Waals surface area contributed by atoms with Crippen molar-refractivity contribution in [3.63, 3.8) is 0 Å². The number of nitrogens with one attached hydrogen (secondary N) is 1. The molecule has 0 aromatic heterocycles. The zero-order valence-electron chi connectivity index (χ0n) is 24.0. The molecule has 4 aliphatic rings. The van der Waals surface area contributed by atoms with Gasteiger partial charge in [-0.25, -0.2) is 4.39 Å². The second-order valence-electron chi connectivity index (χ2n) is 11.7.